The topological polar surface area (TPSA) is 58.1 Å². The van der Waals surface area contributed by atoms with E-state index in [9.17, 15) is 0 Å². The first-order valence-electron chi connectivity index (χ1n) is 10.0. The molecule has 0 amide bonds. The first-order chi connectivity index (χ1) is 13.1. The zero-order valence-corrected chi connectivity index (χ0v) is 17.3. The lowest BCUT2D eigenvalue weighted by Gasteiger charge is -2.31. The Morgan fingerprint density at radius 2 is 1.93 bits per heavy atom. The normalized spacial score (nSPS) is 17.6. The van der Waals surface area contributed by atoms with Crippen LogP contribution in [0.2, 0.25) is 0 Å². The summed E-state index contributed by atoms with van der Waals surface area (Å²) in [5.74, 6) is 2.47. The third-order valence-corrected chi connectivity index (χ3v) is 4.92. The van der Waals surface area contributed by atoms with Gasteiger partial charge in [-0.25, -0.2) is 0 Å². The SMILES string of the molecule is CCNC(=NCC1CCN(Cc2ccc(OC)cc2)CC1)NC(C)COC. The zero-order chi connectivity index (χ0) is 19.5. The van der Waals surface area contributed by atoms with Gasteiger partial charge in [0.15, 0.2) is 5.96 Å². The predicted molar refractivity (Wildman–Crippen MR) is 111 cm³/mol. The Labute approximate surface area is 164 Å². The number of aliphatic imine (C=N–C) groups is 1. The van der Waals surface area contributed by atoms with Gasteiger partial charge < -0.3 is 20.1 Å². The summed E-state index contributed by atoms with van der Waals surface area (Å²) in [7, 11) is 3.43. The van der Waals surface area contributed by atoms with Gasteiger partial charge in [-0.15, -0.1) is 0 Å². The standard InChI is InChI=1S/C21H36N4O2/c1-5-22-21(24-17(2)16-26-3)23-14-18-10-12-25(13-11-18)15-19-6-8-20(27-4)9-7-19/h6-9,17-18H,5,10-16H2,1-4H3,(H2,22,23,24). The highest BCUT2D eigenvalue weighted by Gasteiger charge is 2.19. The molecule has 2 N–H and O–H groups in total. The largest absolute Gasteiger partial charge is 0.497 e. The second-order valence-electron chi connectivity index (χ2n) is 7.29. The number of hydrogen-bond acceptors (Lipinski definition) is 4. The number of methoxy groups -OCH3 is 2. The molecular formula is C21H36N4O2. The average molecular weight is 377 g/mol. The summed E-state index contributed by atoms with van der Waals surface area (Å²) in [6.07, 6.45) is 2.40. The van der Waals surface area contributed by atoms with Crippen LogP contribution in [0.4, 0.5) is 0 Å². The fourth-order valence-electron chi connectivity index (χ4n) is 3.38. The Hall–Kier alpha value is -1.79. The van der Waals surface area contributed by atoms with Gasteiger partial charge in [-0.1, -0.05) is 12.1 Å². The number of nitrogens with one attached hydrogen (secondary N) is 2. The number of ether oxygens (including phenoxy) is 2. The minimum atomic E-state index is 0.249. The van der Waals surface area contributed by atoms with Crippen LogP contribution < -0.4 is 15.4 Å². The molecule has 1 aliphatic rings. The molecule has 0 saturated carbocycles. The number of rotatable bonds is 9. The summed E-state index contributed by atoms with van der Waals surface area (Å²) >= 11 is 0. The molecule has 0 spiro atoms. The van der Waals surface area contributed by atoms with E-state index in [4.69, 9.17) is 14.5 Å². The molecule has 27 heavy (non-hydrogen) atoms. The molecular weight excluding hydrogens is 340 g/mol. The van der Waals surface area contributed by atoms with Gasteiger partial charge in [0.25, 0.3) is 0 Å². The van der Waals surface area contributed by atoms with E-state index in [0.29, 0.717) is 12.5 Å². The number of benzene rings is 1. The quantitative estimate of drug-likeness (QED) is 0.512. The molecule has 0 radical (unpaired) electrons. The van der Waals surface area contributed by atoms with Gasteiger partial charge in [-0.3, -0.25) is 9.89 Å². The van der Waals surface area contributed by atoms with Gasteiger partial charge in [-0.2, -0.15) is 0 Å². The van der Waals surface area contributed by atoms with Crippen LogP contribution in [0.15, 0.2) is 29.3 Å². The van der Waals surface area contributed by atoms with Crippen LogP contribution >= 0.6 is 0 Å². The smallest absolute Gasteiger partial charge is 0.191 e. The molecule has 1 heterocycles. The summed E-state index contributed by atoms with van der Waals surface area (Å²) in [6.45, 7) is 9.90. The monoisotopic (exact) mass is 376 g/mol. The Balaban J connectivity index is 1.76. The van der Waals surface area contributed by atoms with Crippen molar-refractivity contribution in [2.24, 2.45) is 10.9 Å². The lowest BCUT2D eigenvalue weighted by molar-refractivity contribution is 0.177. The summed E-state index contributed by atoms with van der Waals surface area (Å²) in [4.78, 5) is 7.33. The number of nitrogens with zero attached hydrogens (tertiary/aromatic N) is 2. The number of guanidine groups is 1. The summed E-state index contributed by atoms with van der Waals surface area (Å²) in [5, 5.41) is 6.73. The van der Waals surface area contributed by atoms with E-state index in [1.54, 1.807) is 14.2 Å². The van der Waals surface area contributed by atoms with E-state index >= 15 is 0 Å². The van der Waals surface area contributed by atoms with E-state index in [0.717, 1.165) is 44.4 Å². The van der Waals surface area contributed by atoms with Crippen molar-refractivity contribution >= 4 is 5.96 Å². The molecule has 1 aliphatic heterocycles. The predicted octanol–water partition coefficient (Wildman–Crippen LogP) is 2.50. The van der Waals surface area contributed by atoms with Gasteiger partial charge in [-0.05, 0) is 63.4 Å². The molecule has 1 atom stereocenters. The fraction of sp³-hybridized carbons (Fsp3) is 0.667. The molecule has 1 fully saturated rings. The van der Waals surface area contributed by atoms with Crippen molar-refractivity contribution < 1.29 is 9.47 Å². The van der Waals surface area contributed by atoms with Crippen LogP contribution in [0.25, 0.3) is 0 Å². The molecule has 6 nitrogen and oxygen atoms in total. The highest BCUT2D eigenvalue weighted by atomic mass is 16.5. The lowest BCUT2D eigenvalue weighted by atomic mass is 9.96. The second kappa shape index (κ2) is 11.8. The van der Waals surface area contributed by atoms with Crippen molar-refractivity contribution in [2.45, 2.75) is 39.3 Å². The fourth-order valence-corrected chi connectivity index (χ4v) is 3.38. The van der Waals surface area contributed by atoms with E-state index in [1.165, 1.54) is 18.4 Å². The van der Waals surface area contributed by atoms with Gasteiger partial charge in [0.2, 0.25) is 0 Å². The van der Waals surface area contributed by atoms with Gasteiger partial charge in [0.05, 0.1) is 13.7 Å². The average Bonchev–Trinajstić information content (AvgIpc) is 2.68. The highest BCUT2D eigenvalue weighted by molar-refractivity contribution is 5.80. The molecule has 1 saturated heterocycles. The maximum absolute atomic E-state index is 5.23. The van der Waals surface area contributed by atoms with Gasteiger partial charge in [0.1, 0.15) is 5.75 Å². The van der Waals surface area contributed by atoms with Crippen molar-refractivity contribution in [3.63, 3.8) is 0 Å². The molecule has 1 unspecified atom stereocenters. The van der Waals surface area contributed by atoms with Gasteiger partial charge >= 0.3 is 0 Å². The summed E-state index contributed by atoms with van der Waals surface area (Å²) in [6, 6.07) is 8.64. The van der Waals surface area contributed by atoms with Crippen molar-refractivity contribution in [2.75, 3.05) is 47.0 Å². The summed E-state index contributed by atoms with van der Waals surface area (Å²) in [5.41, 5.74) is 1.35. The molecule has 0 aliphatic carbocycles. The molecule has 1 aromatic rings. The Bertz CT molecular complexity index is 554. The second-order valence-corrected chi connectivity index (χ2v) is 7.29. The highest BCUT2D eigenvalue weighted by Crippen LogP contribution is 2.20. The Kier molecular flexibility index (Phi) is 9.42. The van der Waals surface area contributed by atoms with E-state index in [1.807, 2.05) is 12.1 Å². The van der Waals surface area contributed by atoms with Crippen molar-refractivity contribution in [3.8, 4) is 5.75 Å². The molecule has 0 bridgehead atoms. The first kappa shape index (κ1) is 21.5. The maximum Gasteiger partial charge on any atom is 0.191 e. The zero-order valence-electron chi connectivity index (χ0n) is 17.3. The molecule has 152 valence electrons. The van der Waals surface area contributed by atoms with Crippen molar-refractivity contribution in [1.82, 2.24) is 15.5 Å². The minimum Gasteiger partial charge on any atom is -0.497 e. The maximum atomic E-state index is 5.23. The molecule has 1 aromatic carbocycles. The van der Waals surface area contributed by atoms with E-state index in [-0.39, 0.29) is 6.04 Å². The lowest BCUT2D eigenvalue weighted by Crippen LogP contribution is -2.44. The van der Waals surface area contributed by atoms with Crippen LogP contribution in [-0.2, 0) is 11.3 Å². The minimum absolute atomic E-state index is 0.249. The number of hydrogen-bond donors (Lipinski definition) is 2. The van der Waals surface area contributed by atoms with Crippen LogP contribution in [0.1, 0.15) is 32.3 Å². The van der Waals surface area contributed by atoms with Crippen LogP contribution in [0.5, 0.6) is 5.75 Å². The van der Waals surface area contributed by atoms with Gasteiger partial charge in [0, 0.05) is 32.8 Å². The number of piperidine rings is 1. The Morgan fingerprint density at radius 1 is 1.22 bits per heavy atom. The Morgan fingerprint density at radius 3 is 2.52 bits per heavy atom. The molecule has 2 rings (SSSR count). The third kappa shape index (κ3) is 7.77. The number of likely N-dealkylation sites (tertiary alicyclic amines) is 1. The van der Waals surface area contributed by atoms with Crippen molar-refractivity contribution in [1.29, 1.82) is 0 Å². The van der Waals surface area contributed by atoms with E-state index < -0.39 is 0 Å². The molecule has 0 aromatic heterocycles. The van der Waals surface area contributed by atoms with Crippen LogP contribution in [-0.4, -0.2) is 63.9 Å². The molecule has 6 heteroatoms. The third-order valence-electron chi connectivity index (χ3n) is 4.92. The van der Waals surface area contributed by atoms with E-state index in [2.05, 4.69) is 41.5 Å². The van der Waals surface area contributed by atoms with Crippen LogP contribution in [0.3, 0.4) is 0 Å². The van der Waals surface area contributed by atoms with Crippen LogP contribution in [0, 0.1) is 5.92 Å². The first-order valence-corrected chi connectivity index (χ1v) is 10.0. The summed E-state index contributed by atoms with van der Waals surface area (Å²) < 4.78 is 10.4. The van der Waals surface area contributed by atoms with Crippen molar-refractivity contribution in [3.05, 3.63) is 29.8 Å².